The van der Waals surface area contributed by atoms with Crippen LogP contribution in [0.3, 0.4) is 0 Å². The van der Waals surface area contributed by atoms with E-state index >= 15 is 0 Å². The summed E-state index contributed by atoms with van der Waals surface area (Å²) in [7, 11) is 1.68. The van der Waals surface area contributed by atoms with E-state index in [9.17, 15) is 0 Å². The molecule has 0 atom stereocenters. The molecule has 0 unspecified atom stereocenters. The number of imidazole rings is 1. The maximum atomic E-state index is 6.10. The highest BCUT2D eigenvalue weighted by atomic mass is 16.5. The van der Waals surface area contributed by atoms with Crippen LogP contribution in [0.15, 0.2) is 30.6 Å². The Kier molecular flexibility index (Phi) is 4.28. The van der Waals surface area contributed by atoms with Gasteiger partial charge in [-0.25, -0.2) is 4.98 Å². The SMILES string of the molecule is COc1ccc(CNc2ncc[nH]2)cc1OC1CCCC1. The lowest BCUT2D eigenvalue weighted by molar-refractivity contribution is 0.200. The molecule has 1 aromatic heterocycles. The normalized spacial score (nSPS) is 15.1. The first-order valence-corrected chi connectivity index (χ1v) is 7.42. The molecular formula is C16H21N3O2. The second kappa shape index (κ2) is 6.52. The zero-order valence-electron chi connectivity index (χ0n) is 12.3. The molecule has 0 amide bonds. The summed E-state index contributed by atoms with van der Waals surface area (Å²) in [6.07, 6.45) is 8.64. The van der Waals surface area contributed by atoms with Crippen LogP contribution < -0.4 is 14.8 Å². The number of aromatic nitrogens is 2. The number of anilines is 1. The van der Waals surface area contributed by atoms with E-state index in [1.54, 1.807) is 19.5 Å². The van der Waals surface area contributed by atoms with Crippen molar-refractivity contribution in [3.63, 3.8) is 0 Å². The summed E-state index contributed by atoms with van der Waals surface area (Å²) in [4.78, 5) is 7.17. The lowest BCUT2D eigenvalue weighted by Crippen LogP contribution is -2.12. The quantitative estimate of drug-likeness (QED) is 0.855. The van der Waals surface area contributed by atoms with E-state index in [2.05, 4.69) is 15.3 Å². The molecule has 2 aromatic rings. The molecule has 1 aromatic carbocycles. The fourth-order valence-electron chi connectivity index (χ4n) is 2.66. The van der Waals surface area contributed by atoms with E-state index in [1.165, 1.54) is 12.8 Å². The van der Waals surface area contributed by atoms with E-state index in [0.717, 1.165) is 35.9 Å². The minimum Gasteiger partial charge on any atom is -0.493 e. The molecule has 0 spiro atoms. The average Bonchev–Trinajstić information content (AvgIpc) is 3.18. The predicted octanol–water partition coefficient (Wildman–Crippen LogP) is 3.35. The van der Waals surface area contributed by atoms with Crippen molar-refractivity contribution in [2.75, 3.05) is 12.4 Å². The number of methoxy groups -OCH3 is 1. The highest BCUT2D eigenvalue weighted by Gasteiger charge is 2.18. The van der Waals surface area contributed by atoms with Gasteiger partial charge < -0.3 is 19.8 Å². The summed E-state index contributed by atoms with van der Waals surface area (Å²) in [5.74, 6) is 2.40. The number of rotatable bonds is 6. The number of aromatic amines is 1. The van der Waals surface area contributed by atoms with Crippen LogP contribution in [-0.4, -0.2) is 23.2 Å². The molecule has 0 bridgehead atoms. The Labute approximate surface area is 124 Å². The topological polar surface area (TPSA) is 59.2 Å². The van der Waals surface area contributed by atoms with Crippen molar-refractivity contribution in [3.05, 3.63) is 36.2 Å². The van der Waals surface area contributed by atoms with E-state index in [-0.39, 0.29) is 0 Å². The third-order valence-corrected chi connectivity index (χ3v) is 3.78. The molecule has 3 rings (SSSR count). The van der Waals surface area contributed by atoms with Gasteiger partial charge in [0.25, 0.3) is 0 Å². The van der Waals surface area contributed by atoms with Crippen molar-refractivity contribution < 1.29 is 9.47 Å². The van der Waals surface area contributed by atoms with Crippen LogP contribution in [0.25, 0.3) is 0 Å². The molecule has 0 radical (unpaired) electrons. The van der Waals surface area contributed by atoms with Gasteiger partial charge in [0, 0.05) is 18.9 Å². The minimum atomic E-state index is 0.326. The van der Waals surface area contributed by atoms with Crippen molar-refractivity contribution in [1.82, 2.24) is 9.97 Å². The fraction of sp³-hybridized carbons (Fsp3) is 0.438. The van der Waals surface area contributed by atoms with Crippen molar-refractivity contribution in [2.45, 2.75) is 38.3 Å². The number of H-pyrrole nitrogens is 1. The van der Waals surface area contributed by atoms with E-state index in [4.69, 9.17) is 9.47 Å². The second-order valence-corrected chi connectivity index (χ2v) is 5.30. The first-order chi connectivity index (χ1) is 10.3. The van der Waals surface area contributed by atoms with Gasteiger partial charge in [0.05, 0.1) is 13.2 Å². The Morgan fingerprint density at radius 1 is 1.29 bits per heavy atom. The average molecular weight is 287 g/mol. The van der Waals surface area contributed by atoms with Gasteiger partial charge >= 0.3 is 0 Å². The number of ether oxygens (including phenoxy) is 2. The maximum Gasteiger partial charge on any atom is 0.200 e. The number of nitrogens with one attached hydrogen (secondary N) is 2. The van der Waals surface area contributed by atoms with Crippen molar-refractivity contribution >= 4 is 5.95 Å². The van der Waals surface area contributed by atoms with Crippen LogP contribution in [0.4, 0.5) is 5.95 Å². The fourth-order valence-corrected chi connectivity index (χ4v) is 2.66. The first-order valence-electron chi connectivity index (χ1n) is 7.42. The van der Waals surface area contributed by atoms with Crippen LogP contribution in [0.2, 0.25) is 0 Å². The minimum absolute atomic E-state index is 0.326. The molecule has 1 aliphatic rings. The Balaban J connectivity index is 1.69. The summed E-state index contributed by atoms with van der Waals surface area (Å²) >= 11 is 0. The molecular weight excluding hydrogens is 266 g/mol. The monoisotopic (exact) mass is 287 g/mol. The molecule has 1 fully saturated rings. The summed E-state index contributed by atoms with van der Waals surface area (Å²) in [6.45, 7) is 0.693. The van der Waals surface area contributed by atoms with Crippen LogP contribution in [0.5, 0.6) is 11.5 Å². The summed E-state index contributed by atoms with van der Waals surface area (Å²) < 4.78 is 11.5. The van der Waals surface area contributed by atoms with Crippen LogP contribution in [0, 0.1) is 0 Å². The molecule has 1 aliphatic carbocycles. The number of hydrogen-bond acceptors (Lipinski definition) is 4. The molecule has 1 saturated carbocycles. The molecule has 21 heavy (non-hydrogen) atoms. The zero-order chi connectivity index (χ0) is 14.5. The molecule has 112 valence electrons. The number of nitrogens with zero attached hydrogens (tertiary/aromatic N) is 1. The van der Waals surface area contributed by atoms with Gasteiger partial charge in [0.1, 0.15) is 0 Å². The Hall–Kier alpha value is -2.17. The summed E-state index contributed by atoms with van der Waals surface area (Å²) in [6, 6.07) is 6.05. The first kappa shape index (κ1) is 13.8. The van der Waals surface area contributed by atoms with Gasteiger partial charge in [-0.3, -0.25) is 0 Å². The van der Waals surface area contributed by atoms with Crippen LogP contribution in [0.1, 0.15) is 31.2 Å². The van der Waals surface area contributed by atoms with Gasteiger partial charge in [0.2, 0.25) is 0 Å². The van der Waals surface area contributed by atoms with E-state index < -0.39 is 0 Å². The van der Waals surface area contributed by atoms with Gasteiger partial charge in [-0.1, -0.05) is 6.07 Å². The van der Waals surface area contributed by atoms with Crippen LogP contribution >= 0.6 is 0 Å². The largest absolute Gasteiger partial charge is 0.493 e. The Bertz CT molecular complexity index is 563. The van der Waals surface area contributed by atoms with Gasteiger partial charge in [-0.15, -0.1) is 0 Å². The third kappa shape index (κ3) is 3.48. The Morgan fingerprint density at radius 2 is 2.14 bits per heavy atom. The van der Waals surface area contributed by atoms with Crippen molar-refractivity contribution in [3.8, 4) is 11.5 Å². The van der Waals surface area contributed by atoms with Gasteiger partial charge in [-0.05, 0) is 43.4 Å². The number of hydrogen-bond donors (Lipinski definition) is 2. The summed E-state index contributed by atoms with van der Waals surface area (Å²) in [5.41, 5.74) is 1.14. The van der Waals surface area contributed by atoms with Gasteiger partial charge in [0.15, 0.2) is 17.4 Å². The molecule has 2 N–H and O–H groups in total. The maximum absolute atomic E-state index is 6.10. The second-order valence-electron chi connectivity index (χ2n) is 5.30. The third-order valence-electron chi connectivity index (χ3n) is 3.78. The van der Waals surface area contributed by atoms with Crippen LogP contribution in [-0.2, 0) is 6.54 Å². The highest BCUT2D eigenvalue weighted by Crippen LogP contribution is 2.32. The molecule has 0 aliphatic heterocycles. The van der Waals surface area contributed by atoms with E-state index in [1.807, 2.05) is 18.2 Å². The van der Waals surface area contributed by atoms with Crippen molar-refractivity contribution in [1.29, 1.82) is 0 Å². The summed E-state index contributed by atoms with van der Waals surface area (Å²) in [5, 5.41) is 3.24. The molecule has 5 nitrogen and oxygen atoms in total. The lowest BCUT2D eigenvalue weighted by Gasteiger charge is -2.17. The smallest absolute Gasteiger partial charge is 0.200 e. The van der Waals surface area contributed by atoms with Gasteiger partial charge in [-0.2, -0.15) is 0 Å². The Morgan fingerprint density at radius 3 is 2.86 bits per heavy atom. The van der Waals surface area contributed by atoms with E-state index in [0.29, 0.717) is 12.6 Å². The van der Waals surface area contributed by atoms with Crippen molar-refractivity contribution in [2.24, 2.45) is 0 Å². The molecule has 0 saturated heterocycles. The molecule has 5 heteroatoms. The number of benzene rings is 1. The standard InChI is InChI=1S/C16H21N3O2/c1-20-14-7-6-12(11-19-16-17-8-9-18-16)10-15(14)21-13-4-2-3-5-13/h6-10,13H,2-5,11H2,1H3,(H2,17,18,19). The lowest BCUT2D eigenvalue weighted by atomic mass is 10.2. The predicted molar refractivity (Wildman–Crippen MR) is 81.8 cm³/mol. The zero-order valence-corrected chi connectivity index (χ0v) is 12.3. The molecule has 1 heterocycles. The highest BCUT2D eigenvalue weighted by molar-refractivity contribution is 5.44.